The first kappa shape index (κ1) is 11.3. The molecule has 0 saturated heterocycles. The molecule has 2 nitrogen and oxygen atoms in total. The second-order valence-corrected chi connectivity index (χ2v) is 4.71. The van der Waals surface area contributed by atoms with Gasteiger partial charge in [-0.25, -0.2) is 0 Å². The SMILES string of the molecule is NC=CCSc1ccnc2cc(Cl)ccc12. The van der Waals surface area contributed by atoms with Crippen LogP contribution in [-0.2, 0) is 0 Å². The Bertz CT molecular complexity index is 525. The number of fused-ring (bicyclic) bond motifs is 1. The fraction of sp³-hybridized carbons (Fsp3) is 0.0833. The molecule has 1 heterocycles. The van der Waals surface area contributed by atoms with Crippen LogP contribution in [0, 0.1) is 0 Å². The second-order valence-electron chi connectivity index (χ2n) is 3.21. The predicted molar refractivity (Wildman–Crippen MR) is 70.8 cm³/mol. The highest BCUT2D eigenvalue weighted by atomic mass is 35.5. The molecule has 0 aliphatic heterocycles. The summed E-state index contributed by atoms with van der Waals surface area (Å²) in [6.45, 7) is 0. The molecule has 1 aromatic carbocycles. The van der Waals surface area contributed by atoms with E-state index < -0.39 is 0 Å². The molecule has 0 amide bonds. The van der Waals surface area contributed by atoms with Crippen molar-refractivity contribution in [2.45, 2.75) is 4.90 Å². The zero-order valence-electron chi connectivity index (χ0n) is 8.56. The Morgan fingerprint density at radius 2 is 2.25 bits per heavy atom. The topological polar surface area (TPSA) is 38.9 Å². The number of halogens is 1. The van der Waals surface area contributed by atoms with Crippen LogP contribution < -0.4 is 5.73 Å². The molecule has 82 valence electrons. The molecule has 0 saturated carbocycles. The summed E-state index contributed by atoms with van der Waals surface area (Å²) in [5, 5.41) is 1.84. The van der Waals surface area contributed by atoms with E-state index in [0.29, 0.717) is 5.02 Å². The summed E-state index contributed by atoms with van der Waals surface area (Å²) < 4.78 is 0. The third-order valence-corrected chi connectivity index (χ3v) is 3.40. The third-order valence-electron chi connectivity index (χ3n) is 2.14. The number of nitrogens with zero attached hydrogens (tertiary/aromatic N) is 1. The zero-order valence-corrected chi connectivity index (χ0v) is 10.1. The molecule has 2 aromatic rings. The average Bonchev–Trinajstić information content (AvgIpc) is 2.29. The molecule has 0 bridgehead atoms. The molecular formula is C12H11ClN2S. The lowest BCUT2D eigenvalue weighted by molar-refractivity contribution is 1.35. The summed E-state index contributed by atoms with van der Waals surface area (Å²) in [4.78, 5) is 5.48. The smallest absolute Gasteiger partial charge is 0.0728 e. The van der Waals surface area contributed by atoms with Crippen molar-refractivity contribution in [1.29, 1.82) is 0 Å². The molecule has 2 rings (SSSR count). The monoisotopic (exact) mass is 250 g/mol. The number of aromatic nitrogens is 1. The van der Waals surface area contributed by atoms with Gasteiger partial charge >= 0.3 is 0 Å². The predicted octanol–water partition coefficient (Wildman–Crippen LogP) is 3.45. The Morgan fingerprint density at radius 1 is 1.38 bits per heavy atom. The first-order valence-corrected chi connectivity index (χ1v) is 6.21. The van der Waals surface area contributed by atoms with Crippen molar-refractivity contribution in [3.8, 4) is 0 Å². The molecule has 1 aromatic heterocycles. The number of hydrogen-bond acceptors (Lipinski definition) is 3. The lowest BCUT2D eigenvalue weighted by Crippen LogP contribution is -1.83. The summed E-state index contributed by atoms with van der Waals surface area (Å²) in [6, 6.07) is 7.76. The van der Waals surface area contributed by atoms with Gasteiger partial charge in [0, 0.05) is 27.3 Å². The highest BCUT2D eigenvalue weighted by molar-refractivity contribution is 7.99. The van der Waals surface area contributed by atoms with Gasteiger partial charge in [-0.05, 0) is 24.4 Å². The van der Waals surface area contributed by atoms with Crippen molar-refractivity contribution >= 4 is 34.3 Å². The molecule has 0 aliphatic carbocycles. The minimum absolute atomic E-state index is 0.712. The van der Waals surface area contributed by atoms with Crippen LogP contribution >= 0.6 is 23.4 Å². The van der Waals surface area contributed by atoms with Crippen LogP contribution in [0.2, 0.25) is 5.02 Å². The molecule has 2 N–H and O–H groups in total. The molecule has 0 radical (unpaired) electrons. The van der Waals surface area contributed by atoms with E-state index in [1.165, 1.54) is 4.90 Å². The quantitative estimate of drug-likeness (QED) is 0.848. The second kappa shape index (κ2) is 5.23. The minimum atomic E-state index is 0.712. The number of rotatable bonds is 3. The number of nitrogens with two attached hydrogens (primary N) is 1. The molecule has 0 fully saturated rings. The van der Waals surface area contributed by atoms with E-state index in [1.807, 2.05) is 30.3 Å². The van der Waals surface area contributed by atoms with Crippen molar-refractivity contribution in [2.75, 3.05) is 5.75 Å². The standard InChI is InChI=1S/C12H11ClN2S/c13-9-2-3-10-11(8-9)15-6-4-12(10)16-7-1-5-14/h1-6,8H,7,14H2. The van der Waals surface area contributed by atoms with Gasteiger partial charge in [0.15, 0.2) is 0 Å². The van der Waals surface area contributed by atoms with Gasteiger partial charge in [0.2, 0.25) is 0 Å². The van der Waals surface area contributed by atoms with Crippen LogP contribution in [0.5, 0.6) is 0 Å². The van der Waals surface area contributed by atoms with E-state index in [4.69, 9.17) is 17.3 Å². The van der Waals surface area contributed by atoms with E-state index in [9.17, 15) is 0 Å². The van der Waals surface area contributed by atoms with Crippen molar-refractivity contribution < 1.29 is 0 Å². The van der Waals surface area contributed by atoms with Crippen LogP contribution in [-0.4, -0.2) is 10.7 Å². The van der Waals surface area contributed by atoms with Gasteiger partial charge in [-0.2, -0.15) is 0 Å². The Morgan fingerprint density at radius 3 is 3.06 bits per heavy atom. The summed E-state index contributed by atoms with van der Waals surface area (Å²) in [5.41, 5.74) is 6.23. The Kier molecular flexibility index (Phi) is 3.70. The van der Waals surface area contributed by atoms with Gasteiger partial charge < -0.3 is 5.73 Å². The first-order valence-electron chi connectivity index (χ1n) is 4.85. The lowest BCUT2D eigenvalue weighted by Gasteiger charge is -2.04. The maximum Gasteiger partial charge on any atom is 0.0728 e. The molecule has 0 aliphatic rings. The van der Waals surface area contributed by atoms with E-state index in [0.717, 1.165) is 16.7 Å². The Hall–Kier alpha value is -1.19. The van der Waals surface area contributed by atoms with Crippen LogP contribution in [0.25, 0.3) is 10.9 Å². The molecule has 4 heteroatoms. The van der Waals surface area contributed by atoms with Crippen LogP contribution in [0.1, 0.15) is 0 Å². The minimum Gasteiger partial charge on any atom is -0.405 e. The maximum absolute atomic E-state index is 5.92. The van der Waals surface area contributed by atoms with E-state index in [-0.39, 0.29) is 0 Å². The normalized spacial score (nSPS) is 11.3. The Balaban J connectivity index is 2.37. The van der Waals surface area contributed by atoms with Gasteiger partial charge in [0.25, 0.3) is 0 Å². The highest BCUT2D eigenvalue weighted by Gasteiger charge is 2.02. The summed E-state index contributed by atoms with van der Waals surface area (Å²) in [7, 11) is 0. The summed E-state index contributed by atoms with van der Waals surface area (Å²) in [6.07, 6.45) is 5.28. The molecule has 0 atom stereocenters. The largest absolute Gasteiger partial charge is 0.405 e. The number of benzene rings is 1. The highest BCUT2D eigenvalue weighted by Crippen LogP contribution is 2.28. The fourth-order valence-electron chi connectivity index (χ4n) is 1.41. The van der Waals surface area contributed by atoms with Crippen molar-refractivity contribution in [3.63, 3.8) is 0 Å². The average molecular weight is 251 g/mol. The van der Waals surface area contributed by atoms with Crippen LogP contribution in [0.4, 0.5) is 0 Å². The molecular weight excluding hydrogens is 240 g/mol. The number of thioether (sulfide) groups is 1. The maximum atomic E-state index is 5.92. The van der Waals surface area contributed by atoms with Gasteiger partial charge in [-0.15, -0.1) is 11.8 Å². The van der Waals surface area contributed by atoms with E-state index >= 15 is 0 Å². The van der Waals surface area contributed by atoms with Crippen LogP contribution in [0.3, 0.4) is 0 Å². The third kappa shape index (κ3) is 2.49. The first-order chi connectivity index (χ1) is 7.81. The van der Waals surface area contributed by atoms with Crippen molar-refractivity contribution in [1.82, 2.24) is 4.98 Å². The Labute approximate surface area is 104 Å². The number of hydrogen-bond donors (Lipinski definition) is 1. The van der Waals surface area contributed by atoms with Crippen molar-refractivity contribution in [3.05, 3.63) is 47.8 Å². The number of pyridine rings is 1. The van der Waals surface area contributed by atoms with Gasteiger partial charge in [0.1, 0.15) is 0 Å². The molecule has 0 spiro atoms. The van der Waals surface area contributed by atoms with E-state index in [1.54, 1.807) is 24.2 Å². The summed E-state index contributed by atoms with van der Waals surface area (Å²) in [5.74, 6) is 0.859. The lowest BCUT2D eigenvalue weighted by atomic mass is 10.2. The van der Waals surface area contributed by atoms with Crippen LogP contribution in [0.15, 0.2) is 47.6 Å². The van der Waals surface area contributed by atoms with Gasteiger partial charge in [-0.3, -0.25) is 4.98 Å². The zero-order chi connectivity index (χ0) is 11.4. The molecule has 16 heavy (non-hydrogen) atoms. The van der Waals surface area contributed by atoms with Gasteiger partial charge in [-0.1, -0.05) is 23.7 Å². The molecule has 0 unspecified atom stereocenters. The summed E-state index contributed by atoms with van der Waals surface area (Å²) >= 11 is 7.65. The van der Waals surface area contributed by atoms with Gasteiger partial charge in [0.05, 0.1) is 5.52 Å². The van der Waals surface area contributed by atoms with Crippen molar-refractivity contribution in [2.24, 2.45) is 5.73 Å². The fourth-order valence-corrected chi connectivity index (χ4v) is 2.45. The van der Waals surface area contributed by atoms with E-state index in [2.05, 4.69) is 4.98 Å².